The summed E-state index contributed by atoms with van der Waals surface area (Å²) >= 11 is 2.12. The fourth-order valence-electron chi connectivity index (χ4n) is 2.08. The van der Waals surface area contributed by atoms with E-state index in [2.05, 4.69) is 33.4 Å². The van der Waals surface area contributed by atoms with Crippen LogP contribution in [0.1, 0.15) is 34.6 Å². The van der Waals surface area contributed by atoms with Crippen molar-refractivity contribution in [1.82, 2.24) is 10.9 Å². The number of hydrogen-bond donors (Lipinski definition) is 2. The molecule has 2 aromatic carbocycles. The molecule has 0 bridgehead atoms. The van der Waals surface area contributed by atoms with Crippen molar-refractivity contribution in [2.24, 2.45) is 0 Å². The van der Waals surface area contributed by atoms with Gasteiger partial charge in [0.1, 0.15) is 0 Å². The van der Waals surface area contributed by atoms with Crippen molar-refractivity contribution in [2.75, 3.05) is 13.2 Å². The fourth-order valence-corrected chi connectivity index (χ4v) is 2.62. The van der Waals surface area contributed by atoms with Crippen molar-refractivity contribution in [2.45, 2.75) is 13.8 Å². The van der Waals surface area contributed by atoms with E-state index in [4.69, 9.17) is 9.47 Å². The second-order valence-corrected chi connectivity index (χ2v) is 6.19. The normalized spacial score (nSPS) is 10.0. The molecular formula is C18H19IN2O4. The largest absolute Gasteiger partial charge is 0.490 e. The number of hydrogen-bond acceptors (Lipinski definition) is 4. The quantitative estimate of drug-likeness (QED) is 0.520. The number of nitrogens with one attached hydrogen (secondary N) is 2. The Hall–Kier alpha value is -2.29. The standard InChI is InChI=1S/C18H19IN2O4/c1-3-24-15-9-8-13(11-16(15)25-4-2)18(23)21-20-17(22)12-6-5-7-14(19)10-12/h5-11H,3-4H2,1-2H3,(H,20,22)(H,21,23). The number of hydrazine groups is 1. The summed E-state index contributed by atoms with van der Waals surface area (Å²) in [5.41, 5.74) is 5.62. The molecule has 25 heavy (non-hydrogen) atoms. The molecule has 0 fully saturated rings. The van der Waals surface area contributed by atoms with Crippen molar-refractivity contribution >= 4 is 34.4 Å². The number of amides is 2. The molecule has 0 heterocycles. The molecular weight excluding hydrogens is 435 g/mol. The van der Waals surface area contributed by atoms with Crippen LogP contribution in [-0.4, -0.2) is 25.0 Å². The molecule has 0 aliphatic heterocycles. The van der Waals surface area contributed by atoms with Crippen LogP contribution < -0.4 is 20.3 Å². The maximum absolute atomic E-state index is 12.2. The highest BCUT2D eigenvalue weighted by Crippen LogP contribution is 2.28. The van der Waals surface area contributed by atoms with Gasteiger partial charge in [0, 0.05) is 14.7 Å². The van der Waals surface area contributed by atoms with E-state index < -0.39 is 5.91 Å². The van der Waals surface area contributed by atoms with E-state index in [9.17, 15) is 9.59 Å². The van der Waals surface area contributed by atoms with E-state index in [0.29, 0.717) is 35.8 Å². The van der Waals surface area contributed by atoms with Gasteiger partial charge in [-0.2, -0.15) is 0 Å². The Morgan fingerprint density at radius 3 is 2.08 bits per heavy atom. The monoisotopic (exact) mass is 454 g/mol. The van der Waals surface area contributed by atoms with Gasteiger partial charge in [0.05, 0.1) is 13.2 Å². The highest BCUT2D eigenvalue weighted by atomic mass is 127. The van der Waals surface area contributed by atoms with E-state index >= 15 is 0 Å². The Morgan fingerprint density at radius 2 is 1.48 bits per heavy atom. The average molecular weight is 454 g/mol. The molecule has 7 heteroatoms. The molecule has 0 atom stereocenters. The molecule has 0 aliphatic rings. The molecule has 0 aliphatic carbocycles. The zero-order valence-electron chi connectivity index (χ0n) is 14.0. The van der Waals surface area contributed by atoms with Crippen LogP contribution in [0.3, 0.4) is 0 Å². The van der Waals surface area contributed by atoms with Gasteiger partial charge >= 0.3 is 0 Å². The van der Waals surface area contributed by atoms with Crippen LogP contribution in [0.15, 0.2) is 42.5 Å². The van der Waals surface area contributed by atoms with E-state index in [1.165, 1.54) is 0 Å². The smallest absolute Gasteiger partial charge is 0.269 e. The predicted octanol–water partition coefficient (Wildman–Crippen LogP) is 3.16. The van der Waals surface area contributed by atoms with Crippen LogP contribution in [0.2, 0.25) is 0 Å². The van der Waals surface area contributed by atoms with Crippen LogP contribution >= 0.6 is 22.6 Å². The number of rotatable bonds is 6. The summed E-state index contributed by atoms with van der Waals surface area (Å²) in [5.74, 6) is 0.232. The first-order chi connectivity index (χ1) is 12.0. The summed E-state index contributed by atoms with van der Waals surface area (Å²) in [6, 6.07) is 11.9. The molecule has 2 amide bonds. The highest BCUT2D eigenvalue weighted by molar-refractivity contribution is 14.1. The van der Waals surface area contributed by atoms with Gasteiger partial charge in [-0.05, 0) is 72.8 Å². The zero-order valence-corrected chi connectivity index (χ0v) is 16.1. The summed E-state index contributed by atoms with van der Waals surface area (Å²) in [6.45, 7) is 4.67. The average Bonchev–Trinajstić information content (AvgIpc) is 2.61. The zero-order chi connectivity index (χ0) is 18.2. The van der Waals surface area contributed by atoms with Crippen LogP contribution in [0.25, 0.3) is 0 Å². The third kappa shape index (κ3) is 5.35. The summed E-state index contributed by atoms with van der Waals surface area (Å²) in [7, 11) is 0. The number of ether oxygens (including phenoxy) is 2. The first kappa shape index (κ1) is 19.0. The molecule has 0 saturated carbocycles. The molecule has 132 valence electrons. The molecule has 0 aromatic heterocycles. The molecule has 2 rings (SSSR count). The van der Waals surface area contributed by atoms with Gasteiger partial charge < -0.3 is 9.47 Å². The van der Waals surface area contributed by atoms with Gasteiger partial charge in [-0.1, -0.05) is 6.07 Å². The SMILES string of the molecule is CCOc1ccc(C(=O)NNC(=O)c2cccc(I)c2)cc1OCC. The van der Waals surface area contributed by atoms with E-state index in [1.54, 1.807) is 36.4 Å². The van der Waals surface area contributed by atoms with Crippen LogP contribution in [0.5, 0.6) is 11.5 Å². The Kier molecular flexibility index (Phi) is 7.05. The topological polar surface area (TPSA) is 76.7 Å². The lowest BCUT2D eigenvalue weighted by molar-refractivity contribution is 0.0846. The maximum atomic E-state index is 12.2. The van der Waals surface area contributed by atoms with Crippen molar-refractivity contribution < 1.29 is 19.1 Å². The van der Waals surface area contributed by atoms with Crippen molar-refractivity contribution in [3.8, 4) is 11.5 Å². The van der Waals surface area contributed by atoms with Crippen molar-refractivity contribution in [1.29, 1.82) is 0 Å². The molecule has 0 saturated heterocycles. The Balaban J connectivity index is 2.05. The third-order valence-electron chi connectivity index (χ3n) is 3.18. The van der Waals surface area contributed by atoms with E-state index in [0.717, 1.165) is 3.57 Å². The summed E-state index contributed by atoms with van der Waals surface area (Å²) in [4.78, 5) is 24.3. The lowest BCUT2D eigenvalue weighted by atomic mass is 10.2. The van der Waals surface area contributed by atoms with Gasteiger partial charge in [-0.3, -0.25) is 20.4 Å². The summed E-state index contributed by atoms with van der Waals surface area (Å²) < 4.78 is 11.9. The molecule has 0 spiro atoms. The first-order valence-electron chi connectivity index (χ1n) is 7.81. The number of carbonyl (C=O) groups is 2. The van der Waals surface area contributed by atoms with Crippen molar-refractivity contribution in [3.63, 3.8) is 0 Å². The number of benzene rings is 2. The number of halogens is 1. The van der Waals surface area contributed by atoms with E-state index in [-0.39, 0.29) is 5.91 Å². The number of carbonyl (C=O) groups excluding carboxylic acids is 2. The van der Waals surface area contributed by atoms with Crippen LogP contribution in [0.4, 0.5) is 0 Å². The predicted molar refractivity (Wildman–Crippen MR) is 103 cm³/mol. The van der Waals surface area contributed by atoms with Gasteiger partial charge in [-0.15, -0.1) is 0 Å². The highest BCUT2D eigenvalue weighted by Gasteiger charge is 2.13. The summed E-state index contributed by atoms with van der Waals surface area (Å²) in [5, 5.41) is 0. The third-order valence-corrected chi connectivity index (χ3v) is 3.85. The van der Waals surface area contributed by atoms with Crippen LogP contribution in [0, 0.1) is 3.57 Å². The van der Waals surface area contributed by atoms with Crippen LogP contribution in [-0.2, 0) is 0 Å². The van der Waals surface area contributed by atoms with Gasteiger partial charge in [0.25, 0.3) is 11.8 Å². The van der Waals surface area contributed by atoms with Gasteiger partial charge in [-0.25, -0.2) is 0 Å². The van der Waals surface area contributed by atoms with Gasteiger partial charge in [0.15, 0.2) is 11.5 Å². The Labute approximate surface area is 160 Å². The lowest BCUT2D eigenvalue weighted by Crippen LogP contribution is -2.41. The second kappa shape index (κ2) is 9.26. The van der Waals surface area contributed by atoms with E-state index in [1.807, 2.05) is 19.9 Å². The molecule has 6 nitrogen and oxygen atoms in total. The minimum Gasteiger partial charge on any atom is -0.490 e. The second-order valence-electron chi connectivity index (χ2n) is 4.95. The minimum absolute atomic E-state index is 0.356. The Morgan fingerprint density at radius 1 is 0.880 bits per heavy atom. The molecule has 0 radical (unpaired) electrons. The first-order valence-corrected chi connectivity index (χ1v) is 8.89. The fraction of sp³-hybridized carbons (Fsp3) is 0.222. The molecule has 0 unspecified atom stereocenters. The Bertz CT molecular complexity index is 764. The molecule has 2 N–H and O–H groups in total. The minimum atomic E-state index is -0.442. The summed E-state index contributed by atoms with van der Waals surface area (Å²) in [6.07, 6.45) is 0. The van der Waals surface area contributed by atoms with Gasteiger partial charge in [0.2, 0.25) is 0 Å². The lowest BCUT2D eigenvalue weighted by Gasteiger charge is -2.13. The maximum Gasteiger partial charge on any atom is 0.269 e. The van der Waals surface area contributed by atoms with Crippen molar-refractivity contribution in [3.05, 3.63) is 57.2 Å². The molecule has 2 aromatic rings.